The van der Waals surface area contributed by atoms with Crippen molar-refractivity contribution in [2.24, 2.45) is 0 Å². The maximum atomic E-state index is 2.39. The van der Waals surface area contributed by atoms with Gasteiger partial charge in [0.15, 0.2) is 0 Å². The van der Waals surface area contributed by atoms with Gasteiger partial charge in [-0.15, -0.1) is 0 Å². The molecule has 0 N–H and O–H groups in total. The minimum Gasteiger partial charge on any atom is -0.311 e. The summed E-state index contributed by atoms with van der Waals surface area (Å²) in [5.74, 6) is 0.700. The molecule has 3 heteroatoms. The molecule has 1 aliphatic rings. The highest BCUT2D eigenvalue weighted by molar-refractivity contribution is 6.10. The van der Waals surface area contributed by atoms with Crippen molar-refractivity contribution >= 4 is 55.9 Å². The van der Waals surface area contributed by atoms with Crippen LogP contribution in [0.25, 0.3) is 27.5 Å². The first-order valence-corrected chi connectivity index (χ1v) is 20.8. The first kappa shape index (κ1) is 35.6. The monoisotopic (exact) mass is 749 g/mol. The topological polar surface area (TPSA) is 11.4 Å². The Balaban J connectivity index is 0.938. The fraction of sp³-hybridized carbons (Fsp3) is 0.127. The fourth-order valence-corrected chi connectivity index (χ4v) is 9.09. The minimum absolute atomic E-state index is 0.700. The maximum Gasteiger partial charge on any atom is 0.0561 e. The van der Waals surface area contributed by atoms with E-state index in [1.54, 1.807) is 0 Å². The Hall–Kier alpha value is -6.84. The summed E-state index contributed by atoms with van der Waals surface area (Å²) in [6.45, 7) is 0. The Kier molecular flexibility index (Phi) is 9.78. The van der Waals surface area contributed by atoms with E-state index in [0.29, 0.717) is 5.92 Å². The van der Waals surface area contributed by atoms with Crippen LogP contribution in [0.2, 0.25) is 0 Å². The zero-order chi connectivity index (χ0) is 38.7. The molecule has 9 aromatic rings. The molecule has 0 spiro atoms. The normalized spacial score (nSPS) is 13.2. The van der Waals surface area contributed by atoms with Crippen molar-refractivity contribution in [1.82, 2.24) is 4.57 Å². The van der Waals surface area contributed by atoms with Crippen LogP contribution in [-0.2, 0) is 6.42 Å². The maximum absolute atomic E-state index is 2.39. The minimum atomic E-state index is 0.700. The quantitative estimate of drug-likeness (QED) is 0.138. The van der Waals surface area contributed by atoms with Crippen molar-refractivity contribution in [3.8, 4) is 5.69 Å². The predicted octanol–water partition coefficient (Wildman–Crippen LogP) is 15.4. The Bertz CT molecular complexity index is 2750. The highest BCUT2D eigenvalue weighted by atomic mass is 15.1. The lowest BCUT2D eigenvalue weighted by Gasteiger charge is -2.27. The molecule has 0 aliphatic heterocycles. The predicted molar refractivity (Wildman–Crippen MR) is 245 cm³/mol. The first-order chi connectivity index (χ1) is 28.8. The largest absolute Gasteiger partial charge is 0.311 e. The first-order valence-electron chi connectivity index (χ1n) is 20.8. The molecule has 0 amide bonds. The van der Waals surface area contributed by atoms with Gasteiger partial charge in [0.25, 0.3) is 0 Å². The molecular formula is C55H47N3. The van der Waals surface area contributed by atoms with Crippen LogP contribution in [0, 0.1) is 0 Å². The average molecular weight is 750 g/mol. The van der Waals surface area contributed by atoms with Crippen LogP contribution in [0.1, 0.15) is 54.7 Å². The number of hydrogen-bond donors (Lipinski definition) is 0. The molecule has 0 unspecified atom stereocenters. The number of hydrogen-bond acceptors (Lipinski definition) is 2. The number of fused-ring (bicyclic) bond motifs is 3. The van der Waals surface area contributed by atoms with Crippen molar-refractivity contribution in [3.05, 3.63) is 223 Å². The summed E-state index contributed by atoms with van der Waals surface area (Å²) >= 11 is 0. The van der Waals surface area contributed by atoms with Gasteiger partial charge < -0.3 is 14.4 Å². The Morgan fingerprint density at radius 1 is 0.379 bits per heavy atom. The van der Waals surface area contributed by atoms with Crippen molar-refractivity contribution in [1.29, 1.82) is 0 Å². The Morgan fingerprint density at radius 2 is 0.828 bits per heavy atom. The molecule has 1 fully saturated rings. The number of nitrogens with zero attached hydrogens (tertiary/aromatic N) is 3. The van der Waals surface area contributed by atoms with E-state index >= 15 is 0 Å². The van der Waals surface area contributed by atoms with Gasteiger partial charge in [0, 0.05) is 50.6 Å². The van der Waals surface area contributed by atoms with Crippen molar-refractivity contribution in [2.75, 3.05) is 9.80 Å². The van der Waals surface area contributed by atoms with Crippen LogP contribution in [0.5, 0.6) is 0 Å². The lowest BCUT2D eigenvalue weighted by Crippen LogP contribution is -2.10. The zero-order valence-electron chi connectivity index (χ0n) is 32.8. The van der Waals surface area contributed by atoms with E-state index in [1.807, 2.05) is 0 Å². The van der Waals surface area contributed by atoms with Gasteiger partial charge in [-0.2, -0.15) is 0 Å². The van der Waals surface area contributed by atoms with Crippen molar-refractivity contribution in [2.45, 2.75) is 44.4 Å². The van der Waals surface area contributed by atoms with Gasteiger partial charge in [-0.3, -0.25) is 0 Å². The summed E-state index contributed by atoms with van der Waals surface area (Å²) in [7, 11) is 0. The van der Waals surface area contributed by atoms with E-state index in [1.165, 1.54) is 82.0 Å². The lowest BCUT2D eigenvalue weighted by molar-refractivity contribution is 0.443. The average Bonchev–Trinajstić information content (AvgIpc) is 3.63. The van der Waals surface area contributed by atoms with E-state index < -0.39 is 0 Å². The second-order valence-electron chi connectivity index (χ2n) is 15.7. The lowest BCUT2D eigenvalue weighted by atomic mass is 9.84. The second-order valence-corrected chi connectivity index (χ2v) is 15.7. The summed E-state index contributed by atoms with van der Waals surface area (Å²) in [5.41, 5.74) is 14.5. The fourth-order valence-electron chi connectivity index (χ4n) is 9.09. The van der Waals surface area contributed by atoms with E-state index in [4.69, 9.17) is 0 Å². The van der Waals surface area contributed by atoms with Crippen LogP contribution < -0.4 is 9.80 Å². The molecule has 1 heterocycles. The molecule has 0 bridgehead atoms. The van der Waals surface area contributed by atoms with Crippen LogP contribution >= 0.6 is 0 Å². The van der Waals surface area contributed by atoms with Crippen LogP contribution in [0.15, 0.2) is 206 Å². The molecule has 58 heavy (non-hydrogen) atoms. The summed E-state index contributed by atoms with van der Waals surface area (Å²) in [4.78, 5) is 4.74. The number of para-hydroxylation sites is 4. The van der Waals surface area contributed by atoms with Gasteiger partial charge in [-0.05, 0) is 133 Å². The molecule has 0 radical (unpaired) electrons. The highest BCUT2D eigenvalue weighted by Crippen LogP contribution is 2.41. The van der Waals surface area contributed by atoms with E-state index in [-0.39, 0.29) is 0 Å². The third-order valence-corrected chi connectivity index (χ3v) is 12.0. The molecule has 1 saturated carbocycles. The van der Waals surface area contributed by atoms with Crippen molar-refractivity contribution < 1.29 is 0 Å². The van der Waals surface area contributed by atoms with Gasteiger partial charge in [0.2, 0.25) is 0 Å². The number of benzene rings is 8. The number of anilines is 6. The van der Waals surface area contributed by atoms with E-state index in [2.05, 4.69) is 221 Å². The van der Waals surface area contributed by atoms with Crippen LogP contribution in [0.3, 0.4) is 0 Å². The summed E-state index contributed by atoms with van der Waals surface area (Å²) in [6, 6.07) is 75.3. The molecule has 0 saturated heterocycles. The number of rotatable bonds is 10. The second kappa shape index (κ2) is 16.0. The SMILES string of the molecule is c1ccc(N(c2ccc(Cc3ccc(N(c4ccccc4)c4ccc5c6ccccc6n(-c6ccccc6)c5c4)cc3)cc2)c2ccc(C3CCCCC3)cc2)cc1. The summed E-state index contributed by atoms with van der Waals surface area (Å²) in [5, 5.41) is 2.50. The molecule has 282 valence electrons. The summed E-state index contributed by atoms with van der Waals surface area (Å²) in [6.07, 6.45) is 7.57. The molecule has 0 atom stereocenters. The van der Waals surface area contributed by atoms with Gasteiger partial charge in [0.05, 0.1) is 11.0 Å². The molecule has 1 aliphatic carbocycles. The summed E-state index contributed by atoms with van der Waals surface area (Å²) < 4.78 is 2.39. The van der Waals surface area contributed by atoms with Crippen LogP contribution in [0.4, 0.5) is 34.1 Å². The molecule has 3 nitrogen and oxygen atoms in total. The smallest absolute Gasteiger partial charge is 0.0561 e. The number of aromatic nitrogens is 1. The molecule has 10 rings (SSSR count). The molecule has 8 aromatic carbocycles. The molecular weight excluding hydrogens is 703 g/mol. The van der Waals surface area contributed by atoms with Crippen molar-refractivity contribution in [3.63, 3.8) is 0 Å². The zero-order valence-corrected chi connectivity index (χ0v) is 32.8. The molecule has 1 aromatic heterocycles. The van der Waals surface area contributed by atoms with Gasteiger partial charge in [-0.25, -0.2) is 0 Å². The Labute approximate surface area is 342 Å². The third-order valence-electron chi connectivity index (χ3n) is 12.0. The van der Waals surface area contributed by atoms with E-state index in [0.717, 1.165) is 34.9 Å². The standard InChI is InChI=1S/C55H47N3/c1-5-15-43(16-6-1)44-29-35-50(36-30-44)56(45-17-7-2-8-18-45)48-31-25-41(26-32-48)39-42-27-33-49(34-28-42)57(46-19-9-3-10-20-46)51-37-38-53-52-23-13-14-24-54(52)58(55(53)40-51)47-21-11-4-12-22-47/h2-4,7-14,17-38,40,43H,1,5-6,15-16,39H2. The third kappa shape index (κ3) is 7.05. The highest BCUT2D eigenvalue weighted by Gasteiger charge is 2.19. The van der Waals surface area contributed by atoms with Gasteiger partial charge in [0.1, 0.15) is 0 Å². The van der Waals surface area contributed by atoms with E-state index in [9.17, 15) is 0 Å². The van der Waals surface area contributed by atoms with Crippen LogP contribution in [-0.4, -0.2) is 4.57 Å². The van der Waals surface area contributed by atoms with Gasteiger partial charge >= 0.3 is 0 Å². The Morgan fingerprint density at radius 3 is 1.41 bits per heavy atom. The van der Waals surface area contributed by atoms with Gasteiger partial charge in [-0.1, -0.05) is 135 Å².